The Morgan fingerprint density at radius 1 is 1.00 bits per heavy atom. The summed E-state index contributed by atoms with van der Waals surface area (Å²) in [5, 5.41) is 0. The van der Waals surface area contributed by atoms with Gasteiger partial charge in [0.15, 0.2) is 18.3 Å². The minimum atomic E-state index is -0.877. The van der Waals surface area contributed by atoms with Gasteiger partial charge in [-0.25, -0.2) is 0 Å². The zero-order chi connectivity index (χ0) is 16.9. The summed E-state index contributed by atoms with van der Waals surface area (Å²) >= 11 is 0. The molecule has 5 atom stereocenters. The van der Waals surface area contributed by atoms with Gasteiger partial charge in [0.25, 0.3) is 0 Å². The maximum atomic E-state index is 11.4. The van der Waals surface area contributed by atoms with Crippen molar-refractivity contribution in [3.63, 3.8) is 0 Å². The molecule has 1 aliphatic heterocycles. The Labute approximate surface area is 130 Å². The minimum absolute atomic E-state index is 0.0840. The Kier molecular flexibility index (Phi) is 6.80. The van der Waals surface area contributed by atoms with Gasteiger partial charge in [-0.15, -0.1) is 0 Å². The molecule has 5 unspecified atom stereocenters. The number of hydrogen-bond acceptors (Lipinski definition) is 7. The van der Waals surface area contributed by atoms with Crippen molar-refractivity contribution in [3.05, 3.63) is 0 Å². The summed E-state index contributed by atoms with van der Waals surface area (Å²) in [6.45, 7) is 7.81. The Hall–Kier alpha value is -1.63. The summed E-state index contributed by atoms with van der Waals surface area (Å²) in [7, 11) is 0. The van der Waals surface area contributed by atoms with E-state index >= 15 is 0 Å². The molecule has 0 radical (unpaired) electrons. The molecule has 0 aromatic carbocycles. The molecule has 0 N–H and O–H groups in total. The molecule has 7 heteroatoms. The highest BCUT2D eigenvalue weighted by Crippen LogP contribution is 2.29. The Balaban J connectivity index is 3.06. The fourth-order valence-electron chi connectivity index (χ4n) is 2.49. The van der Waals surface area contributed by atoms with Crippen LogP contribution in [0.4, 0.5) is 0 Å². The van der Waals surface area contributed by atoms with Crippen molar-refractivity contribution in [2.75, 3.05) is 6.61 Å². The van der Waals surface area contributed by atoms with E-state index in [1.165, 1.54) is 20.8 Å². The van der Waals surface area contributed by atoms with Gasteiger partial charge in [0.1, 0.15) is 6.10 Å². The van der Waals surface area contributed by atoms with E-state index in [1.54, 1.807) is 0 Å². The largest absolute Gasteiger partial charge is 0.456 e. The van der Waals surface area contributed by atoms with Crippen LogP contribution in [-0.2, 0) is 33.3 Å². The first-order chi connectivity index (χ1) is 10.3. The van der Waals surface area contributed by atoms with Gasteiger partial charge < -0.3 is 18.9 Å². The van der Waals surface area contributed by atoms with Crippen molar-refractivity contribution in [3.8, 4) is 0 Å². The molecule has 0 aliphatic carbocycles. The van der Waals surface area contributed by atoms with E-state index in [1.807, 2.05) is 13.8 Å². The zero-order valence-electron chi connectivity index (χ0n) is 13.7. The lowest BCUT2D eigenvalue weighted by Crippen LogP contribution is -2.58. The second-order valence-electron chi connectivity index (χ2n) is 5.48. The number of carbonyl (C=O) groups excluding carboxylic acids is 3. The number of rotatable bonds is 5. The van der Waals surface area contributed by atoms with Gasteiger partial charge in [0.2, 0.25) is 0 Å². The van der Waals surface area contributed by atoms with Gasteiger partial charge in [-0.2, -0.15) is 0 Å². The second kappa shape index (κ2) is 8.12. The molecule has 1 heterocycles. The predicted octanol–water partition coefficient (Wildman–Crippen LogP) is 1.23. The summed E-state index contributed by atoms with van der Waals surface area (Å²) in [6, 6.07) is 0. The summed E-state index contributed by atoms with van der Waals surface area (Å²) in [6.07, 6.45) is -2.11. The quantitative estimate of drug-likeness (QED) is 0.556. The molecule has 1 fully saturated rings. The highest BCUT2D eigenvalue weighted by atomic mass is 16.6. The fourth-order valence-corrected chi connectivity index (χ4v) is 2.49. The Morgan fingerprint density at radius 3 is 1.95 bits per heavy atom. The van der Waals surface area contributed by atoms with Crippen LogP contribution >= 0.6 is 0 Å². The summed E-state index contributed by atoms with van der Waals surface area (Å²) in [4.78, 5) is 34.0. The van der Waals surface area contributed by atoms with Crippen LogP contribution in [0.2, 0.25) is 0 Å². The maximum absolute atomic E-state index is 11.4. The van der Waals surface area contributed by atoms with E-state index in [0.29, 0.717) is 0 Å². The smallest absolute Gasteiger partial charge is 0.303 e. The first-order valence-electron chi connectivity index (χ1n) is 7.39. The van der Waals surface area contributed by atoms with Gasteiger partial charge in [-0.1, -0.05) is 20.3 Å². The lowest BCUT2D eigenvalue weighted by molar-refractivity contribution is -0.232. The van der Waals surface area contributed by atoms with Crippen molar-refractivity contribution in [1.82, 2.24) is 0 Å². The van der Waals surface area contributed by atoms with E-state index in [0.717, 1.165) is 6.42 Å². The van der Waals surface area contributed by atoms with Crippen molar-refractivity contribution in [1.29, 1.82) is 0 Å². The second-order valence-corrected chi connectivity index (χ2v) is 5.48. The van der Waals surface area contributed by atoms with Crippen LogP contribution in [0.3, 0.4) is 0 Å². The number of hydrogen-bond donors (Lipinski definition) is 0. The molecular weight excluding hydrogens is 292 g/mol. The van der Waals surface area contributed by atoms with Crippen molar-refractivity contribution in [2.24, 2.45) is 5.92 Å². The summed E-state index contributed by atoms with van der Waals surface area (Å²) in [5.41, 5.74) is 0. The van der Waals surface area contributed by atoms with Crippen molar-refractivity contribution < 1.29 is 33.3 Å². The number of ether oxygens (including phenoxy) is 4. The SMILES string of the molecule is CCC(C)C1OCC(OC(C)=O)C(OC(C)=O)C1OC(C)=O. The average Bonchev–Trinajstić information content (AvgIpc) is 2.40. The third-order valence-corrected chi connectivity index (χ3v) is 3.59. The fraction of sp³-hybridized carbons (Fsp3) is 0.800. The highest BCUT2D eigenvalue weighted by molar-refractivity contribution is 5.68. The van der Waals surface area contributed by atoms with Crippen molar-refractivity contribution >= 4 is 17.9 Å². The molecule has 0 bridgehead atoms. The van der Waals surface area contributed by atoms with Crippen LogP contribution in [0.1, 0.15) is 41.0 Å². The summed E-state index contributed by atoms with van der Waals surface area (Å²) < 4.78 is 21.5. The van der Waals surface area contributed by atoms with Crippen LogP contribution in [0, 0.1) is 5.92 Å². The van der Waals surface area contributed by atoms with Crippen LogP contribution in [0.15, 0.2) is 0 Å². The lowest BCUT2D eigenvalue weighted by atomic mass is 9.89. The third-order valence-electron chi connectivity index (χ3n) is 3.59. The first kappa shape index (κ1) is 18.4. The molecular formula is C15H24O7. The van der Waals surface area contributed by atoms with E-state index in [4.69, 9.17) is 18.9 Å². The molecule has 7 nitrogen and oxygen atoms in total. The van der Waals surface area contributed by atoms with Gasteiger partial charge in [0.05, 0.1) is 6.61 Å². The minimum Gasteiger partial charge on any atom is -0.456 e. The van der Waals surface area contributed by atoms with E-state index in [-0.39, 0.29) is 12.5 Å². The summed E-state index contributed by atoms with van der Waals surface area (Å²) in [5.74, 6) is -1.48. The van der Waals surface area contributed by atoms with Crippen molar-refractivity contribution in [2.45, 2.75) is 65.5 Å². The standard InChI is InChI=1S/C15H24O7/c1-6-8(2)13-15(22-11(5)18)14(21-10(4)17)12(7-19-13)20-9(3)16/h8,12-15H,6-7H2,1-5H3. The van der Waals surface area contributed by atoms with Crippen LogP contribution in [0.25, 0.3) is 0 Å². The molecule has 0 amide bonds. The molecule has 22 heavy (non-hydrogen) atoms. The normalized spacial score (nSPS) is 29.3. The molecule has 0 saturated carbocycles. The highest BCUT2D eigenvalue weighted by Gasteiger charge is 2.48. The maximum Gasteiger partial charge on any atom is 0.303 e. The Morgan fingerprint density at radius 2 is 1.50 bits per heavy atom. The zero-order valence-corrected chi connectivity index (χ0v) is 13.7. The molecule has 0 spiro atoms. The topological polar surface area (TPSA) is 88.1 Å². The van der Waals surface area contributed by atoms with Gasteiger partial charge in [-0.3, -0.25) is 14.4 Å². The van der Waals surface area contributed by atoms with Gasteiger partial charge in [-0.05, 0) is 5.92 Å². The van der Waals surface area contributed by atoms with Gasteiger partial charge >= 0.3 is 17.9 Å². The number of esters is 3. The molecule has 0 aromatic rings. The molecule has 1 aliphatic rings. The molecule has 126 valence electrons. The molecule has 1 saturated heterocycles. The van der Waals surface area contributed by atoms with E-state index < -0.39 is 42.3 Å². The Bertz CT molecular complexity index is 420. The monoisotopic (exact) mass is 316 g/mol. The van der Waals surface area contributed by atoms with Crippen LogP contribution in [0.5, 0.6) is 0 Å². The lowest BCUT2D eigenvalue weighted by Gasteiger charge is -2.42. The predicted molar refractivity (Wildman–Crippen MR) is 75.9 cm³/mol. The van der Waals surface area contributed by atoms with Crippen LogP contribution in [-0.4, -0.2) is 48.9 Å². The molecule has 0 aromatic heterocycles. The average molecular weight is 316 g/mol. The van der Waals surface area contributed by atoms with Gasteiger partial charge in [0, 0.05) is 20.8 Å². The first-order valence-corrected chi connectivity index (χ1v) is 7.39. The van der Waals surface area contributed by atoms with E-state index in [9.17, 15) is 14.4 Å². The molecule has 1 rings (SSSR count). The van der Waals surface area contributed by atoms with Crippen LogP contribution < -0.4 is 0 Å². The van der Waals surface area contributed by atoms with E-state index in [2.05, 4.69) is 0 Å². The number of carbonyl (C=O) groups is 3. The third kappa shape index (κ3) is 4.98.